The third-order valence-corrected chi connectivity index (χ3v) is 1.58. The van der Waals surface area contributed by atoms with Gasteiger partial charge in [-0.2, -0.15) is 0 Å². The summed E-state index contributed by atoms with van der Waals surface area (Å²) in [5.74, 6) is 0.680. The molecule has 0 bridgehead atoms. The lowest BCUT2D eigenvalue weighted by Gasteiger charge is -2.09. The highest BCUT2D eigenvalue weighted by Gasteiger charge is 2.05. The molecule has 0 aromatic rings. The first-order valence-electron chi connectivity index (χ1n) is 3.29. The fourth-order valence-corrected chi connectivity index (χ4v) is 0.901. The van der Waals surface area contributed by atoms with Gasteiger partial charge in [-0.05, 0) is 7.05 Å². The summed E-state index contributed by atoms with van der Waals surface area (Å²) in [7, 11) is 2.08. The number of hydrogen-bond donors (Lipinski definition) is 2. The second kappa shape index (κ2) is 2.82. The molecule has 1 aliphatic rings. The van der Waals surface area contributed by atoms with Crippen LogP contribution in [0.3, 0.4) is 0 Å². The molecule has 0 atom stereocenters. The minimum Gasteiger partial charge on any atom is -0.373 e. The third kappa shape index (κ3) is 2.01. The van der Waals surface area contributed by atoms with Gasteiger partial charge in [0.25, 0.3) is 0 Å². The van der Waals surface area contributed by atoms with Gasteiger partial charge in [0.15, 0.2) is 0 Å². The first-order valence-corrected chi connectivity index (χ1v) is 3.29. The number of nitrogens with one attached hydrogen (secondary N) is 2. The van der Waals surface area contributed by atoms with Crippen LogP contribution in [0, 0.1) is 5.41 Å². The van der Waals surface area contributed by atoms with Crippen LogP contribution < -0.4 is 5.32 Å². The Morgan fingerprint density at radius 1 is 1.56 bits per heavy atom. The predicted octanol–water partition coefficient (Wildman–Crippen LogP) is -0.111. The number of rotatable bonds is 0. The zero-order chi connectivity index (χ0) is 6.69. The molecule has 1 heterocycles. The van der Waals surface area contributed by atoms with E-state index in [4.69, 9.17) is 5.41 Å². The average molecular weight is 127 g/mol. The molecule has 2 N–H and O–H groups in total. The van der Waals surface area contributed by atoms with Crippen LogP contribution in [0.1, 0.15) is 6.42 Å². The Morgan fingerprint density at radius 2 is 2.33 bits per heavy atom. The van der Waals surface area contributed by atoms with E-state index in [1.165, 1.54) is 0 Å². The minimum absolute atomic E-state index is 0.680. The maximum absolute atomic E-state index is 7.28. The average Bonchev–Trinajstić information content (AvgIpc) is 1.97. The normalized spacial score (nSPS) is 23.0. The lowest BCUT2D eigenvalue weighted by atomic mass is 10.4. The molecule has 1 fully saturated rings. The SMILES string of the molecule is CN1CCNC(=N)CC1. The van der Waals surface area contributed by atoms with Gasteiger partial charge >= 0.3 is 0 Å². The van der Waals surface area contributed by atoms with Gasteiger partial charge in [-0.3, -0.25) is 5.41 Å². The summed E-state index contributed by atoms with van der Waals surface area (Å²) >= 11 is 0. The predicted molar refractivity (Wildman–Crippen MR) is 37.8 cm³/mol. The van der Waals surface area contributed by atoms with E-state index in [9.17, 15) is 0 Å². The van der Waals surface area contributed by atoms with Crippen molar-refractivity contribution < 1.29 is 0 Å². The molecule has 9 heavy (non-hydrogen) atoms. The van der Waals surface area contributed by atoms with Crippen molar-refractivity contribution in [3.8, 4) is 0 Å². The number of hydrogen-bond acceptors (Lipinski definition) is 2. The second-order valence-electron chi connectivity index (χ2n) is 2.46. The molecule has 0 aliphatic carbocycles. The van der Waals surface area contributed by atoms with E-state index in [-0.39, 0.29) is 0 Å². The lowest BCUT2D eigenvalue weighted by Crippen LogP contribution is -2.25. The van der Waals surface area contributed by atoms with Gasteiger partial charge in [0.1, 0.15) is 0 Å². The number of amidine groups is 1. The smallest absolute Gasteiger partial charge is 0.0944 e. The first-order chi connectivity index (χ1) is 4.29. The van der Waals surface area contributed by atoms with Gasteiger partial charge in [-0.15, -0.1) is 0 Å². The van der Waals surface area contributed by atoms with Crippen molar-refractivity contribution >= 4 is 5.84 Å². The van der Waals surface area contributed by atoms with Crippen LogP contribution >= 0.6 is 0 Å². The van der Waals surface area contributed by atoms with Crippen LogP contribution in [0.2, 0.25) is 0 Å². The van der Waals surface area contributed by atoms with Gasteiger partial charge < -0.3 is 10.2 Å². The Bertz CT molecular complexity index is 111. The number of likely N-dealkylation sites (N-methyl/N-ethyl adjacent to an activating group) is 1. The topological polar surface area (TPSA) is 39.1 Å². The number of nitrogens with zero attached hydrogens (tertiary/aromatic N) is 1. The molecule has 52 valence electrons. The van der Waals surface area contributed by atoms with E-state index in [0.29, 0.717) is 5.84 Å². The van der Waals surface area contributed by atoms with E-state index >= 15 is 0 Å². The molecule has 0 unspecified atom stereocenters. The molecule has 1 aliphatic heterocycles. The Morgan fingerprint density at radius 3 is 3.11 bits per heavy atom. The van der Waals surface area contributed by atoms with E-state index in [1.807, 2.05) is 0 Å². The molecule has 3 nitrogen and oxygen atoms in total. The van der Waals surface area contributed by atoms with Crippen molar-refractivity contribution in [2.24, 2.45) is 0 Å². The quantitative estimate of drug-likeness (QED) is 0.476. The Kier molecular flexibility index (Phi) is 2.05. The molecular weight excluding hydrogens is 114 g/mol. The Labute approximate surface area is 55.6 Å². The van der Waals surface area contributed by atoms with Gasteiger partial charge in [0.05, 0.1) is 5.84 Å². The van der Waals surface area contributed by atoms with Crippen molar-refractivity contribution in [3.63, 3.8) is 0 Å². The van der Waals surface area contributed by atoms with Crippen LogP contribution in [0.5, 0.6) is 0 Å². The van der Waals surface area contributed by atoms with Crippen molar-refractivity contribution in [1.29, 1.82) is 5.41 Å². The summed E-state index contributed by atoms with van der Waals surface area (Å²) in [6.07, 6.45) is 0.872. The molecule has 0 aromatic carbocycles. The van der Waals surface area contributed by atoms with Crippen LogP contribution in [0.15, 0.2) is 0 Å². The second-order valence-corrected chi connectivity index (χ2v) is 2.46. The molecule has 3 heteroatoms. The van der Waals surface area contributed by atoms with Crippen molar-refractivity contribution in [2.45, 2.75) is 6.42 Å². The van der Waals surface area contributed by atoms with Crippen LogP contribution in [-0.4, -0.2) is 37.4 Å². The molecule has 1 saturated heterocycles. The standard InChI is InChI=1S/C6H13N3/c1-9-4-2-6(7)8-3-5-9/h2-5H2,1H3,(H2,7,8). The molecule has 0 spiro atoms. The summed E-state index contributed by atoms with van der Waals surface area (Å²) < 4.78 is 0. The van der Waals surface area contributed by atoms with Gasteiger partial charge in [-0.25, -0.2) is 0 Å². The first kappa shape index (κ1) is 6.55. The summed E-state index contributed by atoms with van der Waals surface area (Å²) in [6, 6.07) is 0. The maximum atomic E-state index is 7.28. The van der Waals surface area contributed by atoms with E-state index in [1.54, 1.807) is 0 Å². The fraction of sp³-hybridized carbons (Fsp3) is 0.833. The van der Waals surface area contributed by atoms with Gasteiger partial charge in [0.2, 0.25) is 0 Å². The van der Waals surface area contributed by atoms with Gasteiger partial charge in [-0.1, -0.05) is 0 Å². The largest absolute Gasteiger partial charge is 0.373 e. The minimum atomic E-state index is 0.680. The highest BCUT2D eigenvalue weighted by atomic mass is 15.1. The van der Waals surface area contributed by atoms with E-state index < -0.39 is 0 Å². The summed E-state index contributed by atoms with van der Waals surface area (Å²) in [5, 5.41) is 10.3. The summed E-state index contributed by atoms with van der Waals surface area (Å²) in [4.78, 5) is 2.23. The van der Waals surface area contributed by atoms with Crippen molar-refractivity contribution in [3.05, 3.63) is 0 Å². The van der Waals surface area contributed by atoms with Crippen molar-refractivity contribution in [1.82, 2.24) is 10.2 Å². The van der Waals surface area contributed by atoms with Crippen LogP contribution in [0.4, 0.5) is 0 Å². The molecular formula is C6H13N3. The molecule has 0 radical (unpaired) electrons. The lowest BCUT2D eigenvalue weighted by molar-refractivity contribution is 0.361. The molecule has 0 amide bonds. The van der Waals surface area contributed by atoms with Crippen LogP contribution in [-0.2, 0) is 0 Å². The van der Waals surface area contributed by atoms with Gasteiger partial charge in [0, 0.05) is 26.1 Å². The maximum Gasteiger partial charge on any atom is 0.0944 e. The summed E-state index contributed by atoms with van der Waals surface area (Å²) in [6.45, 7) is 3.00. The highest BCUT2D eigenvalue weighted by Crippen LogP contribution is 1.90. The molecule has 1 rings (SSSR count). The van der Waals surface area contributed by atoms with Crippen molar-refractivity contribution in [2.75, 3.05) is 26.7 Å². The molecule has 0 aromatic heterocycles. The summed E-state index contributed by atoms with van der Waals surface area (Å²) in [5.41, 5.74) is 0. The van der Waals surface area contributed by atoms with Crippen LogP contribution in [0.25, 0.3) is 0 Å². The van der Waals surface area contributed by atoms with E-state index in [0.717, 1.165) is 26.1 Å². The zero-order valence-electron chi connectivity index (χ0n) is 5.78. The Hall–Kier alpha value is -0.570. The highest BCUT2D eigenvalue weighted by molar-refractivity contribution is 5.79. The zero-order valence-corrected chi connectivity index (χ0v) is 5.78. The third-order valence-electron chi connectivity index (χ3n) is 1.58. The monoisotopic (exact) mass is 127 g/mol. The Balaban J connectivity index is 2.34. The molecule has 0 saturated carbocycles. The van der Waals surface area contributed by atoms with E-state index in [2.05, 4.69) is 17.3 Å². The fourth-order valence-electron chi connectivity index (χ4n) is 0.901.